The van der Waals surface area contributed by atoms with Crippen LogP contribution in [-0.2, 0) is 14.6 Å². The minimum atomic E-state index is -3.51. The van der Waals surface area contributed by atoms with Gasteiger partial charge in [-0.25, -0.2) is 12.8 Å². The van der Waals surface area contributed by atoms with Crippen molar-refractivity contribution in [1.82, 2.24) is 4.90 Å². The third-order valence-corrected chi connectivity index (χ3v) is 10.6. The first-order chi connectivity index (χ1) is 16.3. The maximum absolute atomic E-state index is 14.7. The van der Waals surface area contributed by atoms with Gasteiger partial charge in [-0.1, -0.05) is 48.3 Å². The van der Waals surface area contributed by atoms with Gasteiger partial charge in [0, 0.05) is 22.9 Å². The van der Waals surface area contributed by atoms with Crippen LogP contribution in [0.5, 0.6) is 0 Å². The molecule has 4 nitrogen and oxygen atoms in total. The number of rotatable bonds is 6. The third-order valence-electron chi connectivity index (χ3n) is 7.37. The van der Waals surface area contributed by atoms with Crippen LogP contribution in [0.4, 0.5) is 4.39 Å². The molecule has 1 saturated carbocycles. The Bertz CT molecular complexity index is 1220. The number of nitrogens with zero attached hydrogens (tertiary/aromatic N) is 1. The van der Waals surface area contributed by atoms with Crippen LogP contribution in [0, 0.1) is 17.7 Å². The van der Waals surface area contributed by atoms with Gasteiger partial charge in [0.1, 0.15) is 5.82 Å². The van der Waals surface area contributed by atoms with Gasteiger partial charge in [-0.05, 0) is 81.3 Å². The fraction of sp³-hybridized carbons (Fsp3) is 0.519. The number of carbonyl (C=O) groups excluding carboxylic acids is 1. The maximum atomic E-state index is 14.7. The second kappa shape index (κ2) is 9.68. The quantitative estimate of drug-likeness (QED) is 0.404. The maximum Gasteiger partial charge on any atom is 0.226 e. The second-order valence-corrected chi connectivity index (χ2v) is 14.6. The smallest absolute Gasteiger partial charge is 0.226 e. The molecule has 35 heavy (non-hydrogen) atoms. The number of likely N-dealkylation sites (tertiary alicyclic amines) is 1. The summed E-state index contributed by atoms with van der Waals surface area (Å²) in [4.78, 5) is 15.6. The Morgan fingerprint density at radius 1 is 1.09 bits per heavy atom. The lowest BCUT2D eigenvalue weighted by Gasteiger charge is -2.48. The molecule has 2 aliphatic rings. The zero-order valence-corrected chi connectivity index (χ0v) is 22.8. The summed E-state index contributed by atoms with van der Waals surface area (Å²) < 4.78 is 40.4. The first-order valence-corrected chi connectivity index (χ1v) is 14.5. The molecule has 4 atom stereocenters. The topological polar surface area (TPSA) is 54.5 Å². The molecule has 1 heterocycles. The Morgan fingerprint density at radius 2 is 1.77 bits per heavy atom. The molecule has 0 N–H and O–H groups in total. The molecule has 2 fully saturated rings. The molecule has 4 rings (SSSR count). The molecule has 1 saturated heterocycles. The van der Waals surface area contributed by atoms with Crippen molar-refractivity contribution in [1.29, 1.82) is 0 Å². The number of hydrogen-bond acceptors (Lipinski definition) is 3. The number of hydrogen-bond donors (Lipinski definition) is 0. The molecular formula is C27H32Cl2FNO3S. The number of piperidine rings is 1. The van der Waals surface area contributed by atoms with Crippen LogP contribution in [0.2, 0.25) is 10.0 Å². The lowest BCUT2D eigenvalue weighted by Crippen LogP contribution is -2.55. The van der Waals surface area contributed by atoms with E-state index in [1.807, 2.05) is 25.1 Å². The zero-order chi connectivity index (χ0) is 25.7. The molecule has 0 spiro atoms. The van der Waals surface area contributed by atoms with E-state index in [0.717, 1.165) is 18.4 Å². The average molecular weight is 541 g/mol. The second-order valence-electron chi connectivity index (χ2n) is 11.0. The summed E-state index contributed by atoms with van der Waals surface area (Å²) in [6, 6.07) is 11.1. The Balaban J connectivity index is 1.88. The molecule has 190 valence electrons. The summed E-state index contributed by atoms with van der Waals surface area (Å²) in [5.74, 6) is -1.17. The van der Waals surface area contributed by atoms with E-state index >= 15 is 0 Å². The van der Waals surface area contributed by atoms with E-state index in [4.69, 9.17) is 23.2 Å². The van der Waals surface area contributed by atoms with E-state index in [1.54, 1.807) is 37.8 Å². The van der Waals surface area contributed by atoms with Gasteiger partial charge < -0.3 is 4.90 Å². The minimum Gasteiger partial charge on any atom is -0.331 e. The molecule has 2 aromatic rings. The van der Waals surface area contributed by atoms with Crippen LogP contribution in [0.1, 0.15) is 70.0 Å². The van der Waals surface area contributed by atoms with Gasteiger partial charge in [0.15, 0.2) is 9.84 Å². The molecule has 0 aromatic heterocycles. The van der Waals surface area contributed by atoms with E-state index in [1.165, 1.54) is 12.1 Å². The van der Waals surface area contributed by atoms with E-state index in [-0.39, 0.29) is 34.4 Å². The van der Waals surface area contributed by atoms with Crippen molar-refractivity contribution in [3.05, 3.63) is 69.5 Å². The summed E-state index contributed by atoms with van der Waals surface area (Å²) in [5, 5.41) is 0.581. The highest BCUT2D eigenvalue weighted by Crippen LogP contribution is 2.50. The van der Waals surface area contributed by atoms with E-state index < -0.39 is 32.5 Å². The summed E-state index contributed by atoms with van der Waals surface area (Å²) in [6.07, 6.45) is 2.28. The van der Waals surface area contributed by atoms with Crippen LogP contribution in [0.15, 0.2) is 42.5 Å². The van der Waals surface area contributed by atoms with Crippen LogP contribution in [0.3, 0.4) is 0 Å². The standard InChI is InChI=1S/C27H32Cl2FNO3S/c1-16-12-21(18-6-5-7-20(28)13-18)25(19-10-11-22(29)23(30)14-19)31(26(16)32)24(17-8-9-17)15-35(33,34)27(2,3)4/h5-7,10-11,13-14,16-17,21,24-25H,8-9,12,15H2,1-4H3/t16-,21-,24-,25-/m1/s1. The highest BCUT2D eigenvalue weighted by molar-refractivity contribution is 7.92. The normalized spacial score (nSPS) is 24.5. The minimum absolute atomic E-state index is 0.00385. The highest BCUT2D eigenvalue weighted by Gasteiger charge is 2.50. The van der Waals surface area contributed by atoms with Crippen LogP contribution in [-0.4, -0.2) is 35.8 Å². The Labute approximate surface area is 217 Å². The van der Waals surface area contributed by atoms with Crippen LogP contribution in [0.25, 0.3) is 0 Å². The Hall–Kier alpha value is -1.63. The van der Waals surface area contributed by atoms with Gasteiger partial charge in [-0.2, -0.15) is 0 Å². The molecule has 0 bridgehead atoms. The Morgan fingerprint density at radius 3 is 2.34 bits per heavy atom. The SMILES string of the molecule is C[C@@H]1C[C@H](c2cccc(Cl)c2)[C@@H](c2ccc(Cl)c(F)c2)N([C@H](CS(=O)(=O)C(C)(C)C)C2CC2)C1=O. The molecule has 2 aromatic carbocycles. The molecule has 1 aliphatic carbocycles. The molecule has 0 unspecified atom stereocenters. The van der Waals surface area contributed by atoms with E-state index in [0.29, 0.717) is 17.0 Å². The molecule has 0 radical (unpaired) electrons. The number of amides is 1. The Kier molecular flexibility index (Phi) is 7.31. The molecule has 8 heteroatoms. The lowest BCUT2D eigenvalue weighted by atomic mass is 9.75. The summed E-state index contributed by atoms with van der Waals surface area (Å²) in [7, 11) is -3.51. The first kappa shape index (κ1) is 26.4. The first-order valence-electron chi connectivity index (χ1n) is 12.0. The van der Waals surface area contributed by atoms with Crippen molar-refractivity contribution in [3.8, 4) is 0 Å². The summed E-state index contributed by atoms with van der Waals surface area (Å²) in [6.45, 7) is 6.95. The molecule has 1 aliphatic heterocycles. The van der Waals surface area contributed by atoms with Gasteiger partial charge in [0.2, 0.25) is 5.91 Å². The predicted octanol–water partition coefficient (Wildman–Crippen LogP) is 6.82. The fourth-order valence-corrected chi connectivity index (χ4v) is 6.81. The number of carbonyl (C=O) groups is 1. The summed E-state index contributed by atoms with van der Waals surface area (Å²) in [5.41, 5.74) is 1.55. The van der Waals surface area contributed by atoms with Crippen molar-refractivity contribution in [2.24, 2.45) is 11.8 Å². The van der Waals surface area contributed by atoms with Crippen molar-refractivity contribution >= 4 is 38.9 Å². The van der Waals surface area contributed by atoms with E-state index in [9.17, 15) is 17.6 Å². The van der Waals surface area contributed by atoms with Gasteiger partial charge in [0.25, 0.3) is 0 Å². The van der Waals surface area contributed by atoms with Gasteiger partial charge >= 0.3 is 0 Å². The molecular weight excluding hydrogens is 508 g/mol. The van der Waals surface area contributed by atoms with Gasteiger partial charge in [-0.15, -0.1) is 0 Å². The highest BCUT2D eigenvalue weighted by atomic mass is 35.5. The monoisotopic (exact) mass is 539 g/mol. The van der Waals surface area contributed by atoms with Gasteiger partial charge in [-0.3, -0.25) is 4.79 Å². The zero-order valence-electron chi connectivity index (χ0n) is 20.5. The predicted molar refractivity (Wildman–Crippen MR) is 139 cm³/mol. The van der Waals surface area contributed by atoms with Crippen molar-refractivity contribution in [2.45, 2.75) is 69.7 Å². The number of halogens is 3. The summed E-state index contributed by atoms with van der Waals surface area (Å²) >= 11 is 12.3. The average Bonchev–Trinajstić information content (AvgIpc) is 3.60. The third kappa shape index (κ3) is 5.40. The van der Waals surface area contributed by atoms with E-state index in [2.05, 4.69) is 0 Å². The van der Waals surface area contributed by atoms with Crippen molar-refractivity contribution < 1.29 is 17.6 Å². The number of benzene rings is 2. The largest absolute Gasteiger partial charge is 0.331 e. The van der Waals surface area contributed by atoms with Crippen LogP contribution >= 0.6 is 23.2 Å². The lowest BCUT2D eigenvalue weighted by molar-refractivity contribution is -0.146. The number of sulfone groups is 1. The molecule has 1 amide bonds. The van der Waals surface area contributed by atoms with Gasteiger partial charge in [0.05, 0.1) is 21.6 Å². The van der Waals surface area contributed by atoms with Crippen molar-refractivity contribution in [3.63, 3.8) is 0 Å². The van der Waals surface area contributed by atoms with Crippen molar-refractivity contribution in [2.75, 3.05) is 5.75 Å². The van der Waals surface area contributed by atoms with Crippen LogP contribution < -0.4 is 0 Å². The fourth-order valence-electron chi connectivity index (χ4n) is 5.11.